The van der Waals surface area contributed by atoms with Gasteiger partial charge in [0.15, 0.2) is 5.17 Å². The molecular formula is C15H12ClN3. The Balaban J connectivity index is 2.09. The molecular weight excluding hydrogens is 258 g/mol. The Morgan fingerprint density at radius 1 is 1.11 bits per heavy atom. The SMILES string of the molecule is Cc1ccc(/C(Cl)=N/Nc2ccc(C#N)cc2)cc1. The fourth-order valence-electron chi connectivity index (χ4n) is 1.49. The van der Waals surface area contributed by atoms with Crippen molar-refractivity contribution in [2.45, 2.75) is 6.92 Å². The average Bonchev–Trinajstić information content (AvgIpc) is 2.46. The molecule has 0 fully saturated rings. The number of nitrogens with zero attached hydrogens (tertiary/aromatic N) is 2. The van der Waals surface area contributed by atoms with Crippen molar-refractivity contribution in [1.82, 2.24) is 0 Å². The molecule has 0 saturated heterocycles. The number of nitrogens with one attached hydrogen (secondary N) is 1. The number of benzene rings is 2. The standard InChI is InChI=1S/C15H12ClN3/c1-11-2-6-13(7-3-11)15(16)19-18-14-8-4-12(10-17)5-9-14/h2-9,18H,1H3/b19-15-. The third-order valence-corrected chi connectivity index (χ3v) is 2.89. The minimum absolute atomic E-state index is 0.393. The summed E-state index contributed by atoms with van der Waals surface area (Å²) in [6, 6.07) is 16.9. The molecule has 0 unspecified atom stereocenters. The van der Waals surface area contributed by atoms with Crippen LogP contribution >= 0.6 is 11.6 Å². The molecule has 0 aromatic heterocycles. The summed E-state index contributed by atoms with van der Waals surface area (Å²) in [5.41, 5.74) is 6.28. The molecule has 2 aromatic carbocycles. The second kappa shape index (κ2) is 6.03. The number of nitriles is 1. The molecule has 0 spiro atoms. The van der Waals surface area contributed by atoms with E-state index in [1.165, 1.54) is 5.56 Å². The van der Waals surface area contributed by atoms with Crippen molar-refractivity contribution in [3.05, 3.63) is 65.2 Å². The number of aryl methyl sites for hydroxylation is 1. The molecule has 0 aliphatic rings. The third kappa shape index (κ3) is 3.57. The van der Waals surface area contributed by atoms with E-state index in [-0.39, 0.29) is 0 Å². The van der Waals surface area contributed by atoms with Gasteiger partial charge >= 0.3 is 0 Å². The molecule has 2 rings (SSSR count). The van der Waals surface area contributed by atoms with Gasteiger partial charge < -0.3 is 0 Å². The summed E-state index contributed by atoms with van der Waals surface area (Å²) < 4.78 is 0. The number of rotatable bonds is 3. The van der Waals surface area contributed by atoms with E-state index in [4.69, 9.17) is 16.9 Å². The van der Waals surface area contributed by atoms with Gasteiger partial charge in [0.1, 0.15) is 0 Å². The summed E-state index contributed by atoms with van der Waals surface area (Å²) in [4.78, 5) is 0. The molecule has 94 valence electrons. The summed E-state index contributed by atoms with van der Waals surface area (Å²) in [5, 5.41) is 13.2. The predicted octanol–water partition coefficient (Wildman–Crippen LogP) is 3.88. The van der Waals surface area contributed by atoms with Gasteiger partial charge in [-0.05, 0) is 31.2 Å². The van der Waals surface area contributed by atoms with E-state index < -0.39 is 0 Å². The fraction of sp³-hybridized carbons (Fsp3) is 0.0667. The Labute approximate surface area is 117 Å². The van der Waals surface area contributed by atoms with Crippen molar-refractivity contribution < 1.29 is 0 Å². The van der Waals surface area contributed by atoms with Crippen molar-refractivity contribution in [1.29, 1.82) is 5.26 Å². The number of halogens is 1. The van der Waals surface area contributed by atoms with Crippen LogP contribution in [0.4, 0.5) is 5.69 Å². The van der Waals surface area contributed by atoms with E-state index in [0.717, 1.165) is 11.3 Å². The quantitative estimate of drug-likeness (QED) is 0.679. The maximum Gasteiger partial charge on any atom is 0.156 e. The lowest BCUT2D eigenvalue weighted by Gasteiger charge is -2.02. The van der Waals surface area contributed by atoms with E-state index in [1.54, 1.807) is 24.3 Å². The maximum absolute atomic E-state index is 8.70. The van der Waals surface area contributed by atoms with E-state index in [2.05, 4.69) is 16.6 Å². The number of hydrazone groups is 1. The van der Waals surface area contributed by atoms with Crippen LogP contribution in [-0.4, -0.2) is 5.17 Å². The largest absolute Gasteiger partial charge is 0.277 e. The minimum Gasteiger partial charge on any atom is -0.277 e. The van der Waals surface area contributed by atoms with Crippen LogP contribution in [-0.2, 0) is 0 Å². The molecule has 0 aliphatic heterocycles. The monoisotopic (exact) mass is 269 g/mol. The van der Waals surface area contributed by atoms with Crippen molar-refractivity contribution in [3.8, 4) is 6.07 Å². The van der Waals surface area contributed by atoms with Crippen LogP contribution in [0.15, 0.2) is 53.6 Å². The molecule has 0 bridgehead atoms. The zero-order valence-corrected chi connectivity index (χ0v) is 11.1. The first-order valence-electron chi connectivity index (χ1n) is 5.75. The summed E-state index contributed by atoms with van der Waals surface area (Å²) in [6.45, 7) is 2.02. The Morgan fingerprint density at radius 2 is 1.74 bits per heavy atom. The highest BCUT2D eigenvalue weighted by Crippen LogP contribution is 2.11. The number of anilines is 1. The first-order valence-corrected chi connectivity index (χ1v) is 6.13. The summed E-state index contributed by atoms with van der Waals surface area (Å²) >= 11 is 6.10. The molecule has 0 amide bonds. The highest BCUT2D eigenvalue weighted by Gasteiger charge is 1.99. The predicted molar refractivity (Wildman–Crippen MR) is 78.3 cm³/mol. The van der Waals surface area contributed by atoms with Crippen LogP contribution in [0.25, 0.3) is 0 Å². The van der Waals surface area contributed by atoms with Gasteiger partial charge in [0.25, 0.3) is 0 Å². The van der Waals surface area contributed by atoms with Gasteiger partial charge in [-0.15, -0.1) is 0 Å². The van der Waals surface area contributed by atoms with E-state index in [0.29, 0.717) is 10.7 Å². The van der Waals surface area contributed by atoms with E-state index in [1.807, 2.05) is 31.2 Å². The molecule has 0 radical (unpaired) electrons. The minimum atomic E-state index is 0.393. The molecule has 0 heterocycles. The molecule has 1 N–H and O–H groups in total. The van der Waals surface area contributed by atoms with Gasteiger partial charge in [0, 0.05) is 5.56 Å². The van der Waals surface area contributed by atoms with Crippen LogP contribution in [0, 0.1) is 18.3 Å². The Kier molecular flexibility index (Phi) is 4.17. The fourth-order valence-corrected chi connectivity index (χ4v) is 1.66. The summed E-state index contributed by atoms with van der Waals surface area (Å²) in [7, 11) is 0. The highest BCUT2D eigenvalue weighted by molar-refractivity contribution is 6.69. The van der Waals surface area contributed by atoms with Crippen LogP contribution in [0.2, 0.25) is 0 Å². The van der Waals surface area contributed by atoms with Crippen LogP contribution in [0.3, 0.4) is 0 Å². The smallest absolute Gasteiger partial charge is 0.156 e. The Bertz CT molecular complexity index is 622. The van der Waals surface area contributed by atoms with Crippen molar-refractivity contribution in [2.75, 3.05) is 5.43 Å². The van der Waals surface area contributed by atoms with Gasteiger partial charge in [0.05, 0.1) is 17.3 Å². The second-order valence-electron chi connectivity index (χ2n) is 4.07. The Morgan fingerprint density at radius 3 is 2.32 bits per heavy atom. The lowest BCUT2D eigenvalue weighted by molar-refractivity contribution is 1.34. The zero-order valence-electron chi connectivity index (χ0n) is 10.4. The molecule has 0 saturated carbocycles. The van der Waals surface area contributed by atoms with Gasteiger partial charge in [-0.1, -0.05) is 41.4 Å². The average molecular weight is 270 g/mol. The molecule has 3 nitrogen and oxygen atoms in total. The van der Waals surface area contributed by atoms with Gasteiger partial charge in [-0.25, -0.2) is 0 Å². The Hall–Kier alpha value is -2.31. The maximum atomic E-state index is 8.70. The first-order chi connectivity index (χ1) is 9.19. The van der Waals surface area contributed by atoms with Crippen molar-refractivity contribution in [2.24, 2.45) is 5.10 Å². The van der Waals surface area contributed by atoms with Crippen LogP contribution in [0.1, 0.15) is 16.7 Å². The van der Waals surface area contributed by atoms with Gasteiger partial charge in [-0.2, -0.15) is 10.4 Å². The lowest BCUT2D eigenvalue weighted by atomic mass is 10.2. The van der Waals surface area contributed by atoms with Crippen LogP contribution < -0.4 is 5.43 Å². The molecule has 4 heteroatoms. The van der Waals surface area contributed by atoms with E-state index in [9.17, 15) is 0 Å². The number of hydrogen-bond donors (Lipinski definition) is 1. The first kappa shape index (κ1) is 13.1. The normalized spacial score (nSPS) is 10.9. The summed E-state index contributed by atoms with van der Waals surface area (Å²) in [5.74, 6) is 0. The molecule has 0 aliphatic carbocycles. The third-order valence-electron chi connectivity index (χ3n) is 2.59. The number of hydrogen-bond acceptors (Lipinski definition) is 3. The van der Waals surface area contributed by atoms with Gasteiger partial charge in [0.2, 0.25) is 0 Å². The van der Waals surface area contributed by atoms with Crippen molar-refractivity contribution in [3.63, 3.8) is 0 Å². The summed E-state index contributed by atoms with van der Waals surface area (Å²) in [6.07, 6.45) is 0. The zero-order chi connectivity index (χ0) is 13.7. The molecule has 19 heavy (non-hydrogen) atoms. The molecule has 0 atom stereocenters. The topological polar surface area (TPSA) is 48.2 Å². The van der Waals surface area contributed by atoms with Crippen LogP contribution in [0.5, 0.6) is 0 Å². The second-order valence-corrected chi connectivity index (χ2v) is 4.43. The van der Waals surface area contributed by atoms with Crippen molar-refractivity contribution >= 4 is 22.5 Å². The lowest BCUT2D eigenvalue weighted by Crippen LogP contribution is -1.97. The highest BCUT2D eigenvalue weighted by atomic mass is 35.5. The van der Waals surface area contributed by atoms with E-state index >= 15 is 0 Å². The van der Waals surface area contributed by atoms with Gasteiger partial charge in [-0.3, -0.25) is 5.43 Å². The molecule has 2 aromatic rings.